The van der Waals surface area contributed by atoms with Crippen LogP contribution >= 0.6 is 15.9 Å². The molecule has 19 heavy (non-hydrogen) atoms. The molecule has 3 rings (SSSR count). The Bertz CT molecular complexity index is 731. The second-order valence-corrected chi connectivity index (χ2v) is 5.26. The number of hydrogen-bond donors (Lipinski definition) is 1. The van der Waals surface area contributed by atoms with Crippen LogP contribution in [0.1, 0.15) is 5.56 Å². The average molecular weight is 317 g/mol. The molecule has 0 aliphatic carbocycles. The summed E-state index contributed by atoms with van der Waals surface area (Å²) in [6.45, 7) is 0.488. The normalized spacial score (nSPS) is 11.1. The third-order valence-electron chi connectivity index (χ3n) is 3.17. The van der Waals surface area contributed by atoms with Crippen molar-refractivity contribution in [3.8, 4) is 11.5 Å². The molecule has 0 bridgehead atoms. The summed E-state index contributed by atoms with van der Waals surface area (Å²) in [5, 5.41) is 0. The molecule has 0 unspecified atom stereocenters. The number of imidazole rings is 1. The Balaban J connectivity index is 2.25. The van der Waals surface area contributed by atoms with Crippen LogP contribution < -0.4 is 5.73 Å². The van der Waals surface area contributed by atoms with Gasteiger partial charge in [0.25, 0.3) is 0 Å². The van der Waals surface area contributed by atoms with Gasteiger partial charge >= 0.3 is 0 Å². The Kier molecular flexibility index (Phi) is 3.08. The summed E-state index contributed by atoms with van der Waals surface area (Å²) in [6, 6.07) is 9.97. The zero-order chi connectivity index (χ0) is 13.4. The molecular formula is C14H13BrN4. The van der Waals surface area contributed by atoms with Crippen molar-refractivity contribution in [2.45, 2.75) is 6.54 Å². The van der Waals surface area contributed by atoms with Gasteiger partial charge in [-0.05, 0) is 39.7 Å². The number of hydrogen-bond acceptors (Lipinski definition) is 3. The molecule has 4 nitrogen and oxygen atoms in total. The maximum absolute atomic E-state index is 5.76. The molecule has 96 valence electrons. The van der Waals surface area contributed by atoms with Crippen LogP contribution in [-0.4, -0.2) is 14.5 Å². The lowest BCUT2D eigenvalue weighted by Gasteiger charge is -2.01. The highest BCUT2D eigenvalue weighted by Gasteiger charge is 2.12. The molecule has 0 radical (unpaired) electrons. The number of pyridine rings is 1. The van der Waals surface area contributed by atoms with E-state index in [1.165, 1.54) is 0 Å². The van der Waals surface area contributed by atoms with Crippen LogP contribution in [0.3, 0.4) is 0 Å². The van der Waals surface area contributed by atoms with Gasteiger partial charge in [-0.3, -0.25) is 4.98 Å². The Morgan fingerprint density at radius 1 is 1.26 bits per heavy atom. The second-order valence-electron chi connectivity index (χ2n) is 4.35. The Morgan fingerprint density at radius 3 is 2.79 bits per heavy atom. The van der Waals surface area contributed by atoms with Crippen molar-refractivity contribution in [1.29, 1.82) is 0 Å². The maximum atomic E-state index is 5.76. The lowest BCUT2D eigenvalue weighted by molar-refractivity contribution is 0.950. The van der Waals surface area contributed by atoms with Crippen molar-refractivity contribution < 1.29 is 0 Å². The molecule has 1 aromatic carbocycles. The quantitative estimate of drug-likeness (QED) is 0.791. The van der Waals surface area contributed by atoms with Crippen LogP contribution in [0.5, 0.6) is 0 Å². The number of halogens is 1. The number of fused-ring (bicyclic) bond motifs is 1. The summed E-state index contributed by atoms with van der Waals surface area (Å²) >= 11 is 3.39. The fourth-order valence-corrected chi connectivity index (χ4v) is 2.41. The predicted molar refractivity (Wildman–Crippen MR) is 79.5 cm³/mol. The standard InChI is InChI=1S/C14H13BrN4/c1-19-12-4-2-3-9(7-16)13(12)18-14(19)11-6-5-10(15)8-17-11/h2-6,8H,7,16H2,1H3. The van der Waals surface area contributed by atoms with Gasteiger partial charge in [-0.15, -0.1) is 0 Å². The van der Waals surface area contributed by atoms with Gasteiger partial charge in [-0.2, -0.15) is 0 Å². The summed E-state index contributed by atoms with van der Waals surface area (Å²) in [4.78, 5) is 9.09. The predicted octanol–water partition coefficient (Wildman–Crippen LogP) is 2.86. The van der Waals surface area contributed by atoms with Crippen LogP contribution in [0.4, 0.5) is 0 Å². The molecule has 0 amide bonds. The first-order chi connectivity index (χ1) is 9.20. The lowest BCUT2D eigenvalue weighted by Crippen LogP contribution is -1.97. The largest absolute Gasteiger partial charge is 0.326 e. The molecule has 2 aromatic heterocycles. The monoisotopic (exact) mass is 316 g/mol. The molecule has 2 heterocycles. The fraction of sp³-hybridized carbons (Fsp3) is 0.143. The van der Waals surface area contributed by atoms with Gasteiger partial charge in [0.1, 0.15) is 5.69 Å². The number of nitrogens with zero attached hydrogens (tertiary/aromatic N) is 3. The summed E-state index contributed by atoms with van der Waals surface area (Å²) in [5.41, 5.74) is 9.69. The fourth-order valence-electron chi connectivity index (χ4n) is 2.17. The van der Waals surface area contributed by atoms with Gasteiger partial charge in [0, 0.05) is 24.3 Å². The van der Waals surface area contributed by atoms with E-state index < -0.39 is 0 Å². The Hall–Kier alpha value is -1.72. The highest BCUT2D eigenvalue weighted by molar-refractivity contribution is 9.10. The molecule has 0 aliphatic rings. The zero-order valence-electron chi connectivity index (χ0n) is 10.5. The van der Waals surface area contributed by atoms with Crippen LogP contribution in [0, 0.1) is 0 Å². The topological polar surface area (TPSA) is 56.7 Å². The molecule has 0 spiro atoms. The number of aromatic nitrogens is 3. The molecular weight excluding hydrogens is 304 g/mol. The number of para-hydroxylation sites is 1. The molecule has 0 fully saturated rings. The first kappa shape index (κ1) is 12.3. The van der Waals surface area contributed by atoms with Crippen LogP contribution in [0.2, 0.25) is 0 Å². The summed E-state index contributed by atoms with van der Waals surface area (Å²) in [6.07, 6.45) is 1.78. The van der Waals surface area contributed by atoms with E-state index in [1.807, 2.05) is 41.9 Å². The van der Waals surface area contributed by atoms with E-state index in [2.05, 4.69) is 25.9 Å². The van der Waals surface area contributed by atoms with E-state index in [-0.39, 0.29) is 0 Å². The Labute approximate surface area is 119 Å². The van der Waals surface area contributed by atoms with Gasteiger partial charge in [0.05, 0.1) is 11.0 Å². The van der Waals surface area contributed by atoms with E-state index >= 15 is 0 Å². The van der Waals surface area contributed by atoms with Crippen LogP contribution in [0.15, 0.2) is 41.0 Å². The molecule has 0 aliphatic heterocycles. The minimum atomic E-state index is 0.488. The lowest BCUT2D eigenvalue weighted by atomic mass is 10.2. The van der Waals surface area contributed by atoms with E-state index in [4.69, 9.17) is 5.73 Å². The van der Waals surface area contributed by atoms with Gasteiger partial charge in [-0.25, -0.2) is 4.98 Å². The first-order valence-electron chi connectivity index (χ1n) is 5.97. The van der Waals surface area contributed by atoms with Crippen LogP contribution in [-0.2, 0) is 13.6 Å². The van der Waals surface area contributed by atoms with E-state index in [0.29, 0.717) is 6.54 Å². The van der Waals surface area contributed by atoms with E-state index in [9.17, 15) is 0 Å². The third-order valence-corrected chi connectivity index (χ3v) is 3.64. The van der Waals surface area contributed by atoms with Crippen molar-refractivity contribution in [1.82, 2.24) is 14.5 Å². The van der Waals surface area contributed by atoms with Gasteiger partial charge in [-0.1, -0.05) is 12.1 Å². The highest BCUT2D eigenvalue weighted by Crippen LogP contribution is 2.25. The molecule has 0 atom stereocenters. The van der Waals surface area contributed by atoms with Gasteiger partial charge in [0.15, 0.2) is 5.82 Å². The number of benzene rings is 1. The van der Waals surface area contributed by atoms with Crippen molar-refractivity contribution in [2.24, 2.45) is 12.8 Å². The average Bonchev–Trinajstić information content (AvgIpc) is 2.77. The molecule has 0 saturated carbocycles. The van der Waals surface area contributed by atoms with Gasteiger partial charge in [0.2, 0.25) is 0 Å². The van der Waals surface area contributed by atoms with Crippen molar-refractivity contribution in [3.05, 3.63) is 46.6 Å². The Morgan fingerprint density at radius 2 is 2.11 bits per heavy atom. The van der Waals surface area contributed by atoms with Crippen molar-refractivity contribution >= 4 is 27.0 Å². The van der Waals surface area contributed by atoms with E-state index in [1.54, 1.807) is 6.20 Å². The molecule has 0 saturated heterocycles. The second kappa shape index (κ2) is 4.75. The highest BCUT2D eigenvalue weighted by atomic mass is 79.9. The van der Waals surface area contributed by atoms with E-state index in [0.717, 1.165) is 32.6 Å². The third kappa shape index (κ3) is 2.05. The summed E-state index contributed by atoms with van der Waals surface area (Å²) < 4.78 is 3.00. The molecule has 5 heteroatoms. The summed E-state index contributed by atoms with van der Waals surface area (Å²) in [5.74, 6) is 0.850. The number of nitrogens with two attached hydrogens (primary N) is 1. The van der Waals surface area contributed by atoms with Gasteiger partial charge < -0.3 is 10.3 Å². The minimum Gasteiger partial charge on any atom is -0.326 e. The summed E-state index contributed by atoms with van der Waals surface area (Å²) in [7, 11) is 1.99. The zero-order valence-corrected chi connectivity index (χ0v) is 12.1. The van der Waals surface area contributed by atoms with Crippen molar-refractivity contribution in [2.75, 3.05) is 0 Å². The molecule has 2 N–H and O–H groups in total. The first-order valence-corrected chi connectivity index (χ1v) is 6.76. The minimum absolute atomic E-state index is 0.488. The maximum Gasteiger partial charge on any atom is 0.159 e. The number of aryl methyl sites for hydroxylation is 1. The van der Waals surface area contributed by atoms with Crippen molar-refractivity contribution in [3.63, 3.8) is 0 Å². The molecule has 3 aromatic rings. The smallest absolute Gasteiger partial charge is 0.159 e. The number of rotatable bonds is 2. The van der Waals surface area contributed by atoms with Crippen LogP contribution in [0.25, 0.3) is 22.6 Å². The SMILES string of the molecule is Cn1c(-c2ccc(Br)cn2)nc2c(CN)cccc21.